The van der Waals surface area contributed by atoms with Crippen molar-refractivity contribution >= 4 is 15.9 Å². The number of halogens is 1. The van der Waals surface area contributed by atoms with Crippen LogP contribution in [0.1, 0.15) is 12.6 Å². The second-order valence-electron chi connectivity index (χ2n) is 2.02. The summed E-state index contributed by atoms with van der Waals surface area (Å²) in [5, 5.41) is 11.0. The molecule has 0 bridgehead atoms. The molecule has 10 heavy (non-hydrogen) atoms. The average molecular weight is 202 g/mol. The third kappa shape index (κ3) is 1.48. The van der Waals surface area contributed by atoms with E-state index in [0.717, 1.165) is 21.3 Å². The van der Waals surface area contributed by atoms with Gasteiger partial charge in [-0.25, -0.2) is 0 Å². The highest BCUT2D eigenvalue weighted by Gasteiger charge is 2.00. The van der Waals surface area contributed by atoms with Gasteiger partial charge >= 0.3 is 0 Å². The van der Waals surface area contributed by atoms with Crippen molar-refractivity contribution in [3.8, 4) is 0 Å². The van der Waals surface area contributed by atoms with Crippen LogP contribution in [0.25, 0.3) is 0 Å². The maximum absolute atomic E-state index is 11.0. The third-order valence-electron chi connectivity index (χ3n) is 1.32. The van der Waals surface area contributed by atoms with E-state index in [1.54, 1.807) is 0 Å². The van der Waals surface area contributed by atoms with Gasteiger partial charge in [0.1, 0.15) is 0 Å². The van der Waals surface area contributed by atoms with Crippen LogP contribution in [0.4, 0.5) is 0 Å². The maximum Gasteiger partial charge on any atom is 0.194 e. The number of hydrogen-bond acceptors (Lipinski definition) is 1. The van der Waals surface area contributed by atoms with Gasteiger partial charge in [0.15, 0.2) is 11.9 Å². The van der Waals surface area contributed by atoms with Crippen molar-refractivity contribution in [1.29, 1.82) is 0 Å². The van der Waals surface area contributed by atoms with Crippen LogP contribution in [-0.2, 0) is 6.42 Å². The minimum Gasteiger partial charge on any atom is -0.618 e. The van der Waals surface area contributed by atoms with E-state index < -0.39 is 0 Å². The third-order valence-corrected chi connectivity index (χ3v) is 1.79. The van der Waals surface area contributed by atoms with Crippen LogP contribution in [-0.4, -0.2) is 0 Å². The second kappa shape index (κ2) is 3.01. The quantitative estimate of drug-likeness (QED) is 0.502. The molecule has 1 rings (SSSR count). The molecule has 0 fully saturated rings. The lowest BCUT2D eigenvalue weighted by molar-refractivity contribution is -0.614. The van der Waals surface area contributed by atoms with Crippen LogP contribution < -0.4 is 4.73 Å². The van der Waals surface area contributed by atoms with Crippen molar-refractivity contribution in [3.05, 3.63) is 33.7 Å². The average Bonchev–Trinajstić information content (AvgIpc) is 1.88. The fourth-order valence-electron chi connectivity index (χ4n) is 0.761. The largest absolute Gasteiger partial charge is 0.618 e. The molecular weight excluding hydrogens is 194 g/mol. The van der Waals surface area contributed by atoms with Crippen molar-refractivity contribution < 1.29 is 4.73 Å². The van der Waals surface area contributed by atoms with Crippen molar-refractivity contribution in [2.45, 2.75) is 13.3 Å². The van der Waals surface area contributed by atoms with Crippen molar-refractivity contribution in [2.24, 2.45) is 0 Å². The lowest BCUT2D eigenvalue weighted by Crippen LogP contribution is -2.30. The first-order valence-electron chi connectivity index (χ1n) is 3.11. The van der Waals surface area contributed by atoms with Gasteiger partial charge in [0.2, 0.25) is 0 Å². The van der Waals surface area contributed by atoms with Crippen molar-refractivity contribution in [1.82, 2.24) is 0 Å². The van der Waals surface area contributed by atoms with Crippen LogP contribution in [0, 0.1) is 5.21 Å². The molecule has 3 heteroatoms. The number of pyridine rings is 1. The van der Waals surface area contributed by atoms with Gasteiger partial charge in [-0.05, 0) is 22.0 Å². The van der Waals surface area contributed by atoms with Gasteiger partial charge in [-0.3, -0.25) is 0 Å². The first-order valence-corrected chi connectivity index (χ1v) is 3.91. The Bertz CT molecular complexity index is 237. The Balaban J connectivity index is 3.07. The van der Waals surface area contributed by atoms with E-state index in [2.05, 4.69) is 15.9 Å². The predicted molar refractivity (Wildman–Crippen MR) is 42.5 cm³/mol. The van der Waals surface area contributed by atoms with Crippen LogP contribution >= 0.6 is 15.9 Å². The SMILES string of the molecule is CCc1ccc(Br)c[n+]1[O-]. The lowest BCUT2D eigenvalue weighted by atomic mass is 10.3. The molecule has 1 heterocycles. The van der Waals surface area contributed by atoms with Crippen LogP contribution in [0.3, 0.4) is 0 Å². The first-order chi connectivity index (χ1) is 4.74. The molecule has 0 aliphatic heterocycles. The minimum atomic E-state index is 0.775. The first kappa shape index (κ1) is 7.54. The van der Waals surface area contributed by atoms with E-state index in [4.69, 9.17) is 0 Å². The van der Waals surface area contributed by atoms with Crippen molar-refractivity contribution in [2.75, 3.05) is 0 Å². The zero-order valence-electron chi connectivity index (χ0n) is 5.67. The Morgan fingerprint density at radius 3 is 2.80 bits per heavy atom. The molecule has 1 aromatic heterocycles. The highest BCUT2D eigenvalue weighted by Crippen LogP contribution is 2.05. The summed E-state index contributed by atoms with van der Waals surface area (Å²) in [7, 11) is 0. The Hall–Kier alpha value is -0.570. The summed E-state index contributed by atoms with van der Waals surface area (Å²) >= 11 is 3.20. The van der Waals surface area contributed by atoms with E-state index in [0.29, 0.717) is 0 Å². The number of hydrogen-bond donors (Lipinski definition) is 0. The molecule has 0 saturated carbocycles. The van der Waals surface area contributed by atoms with Gasteiger partial charge in [0.05, 0.1) is 4.47 Å². The molecule has 0 amide bonds. The molecule has 1 aromatic rings. The molecule has 0 saturated heterocycles. The summed E-state index contributed by atoms with van der Waals surface area (Å²) in [6.45, 7) is 1.96. The zero-order valence-corrected chi connectivity index (χ0v) is 7.26. The van der Waals surface area contributed by atoms with Gasteiger partial charge in [-0.2, -0.15) is 4.73 Å². The highest BCUT2D eigenvalue weighted by atomic mass is 79.9. The van der Waals surface area contributed by atoms with E-state index in [1.165, 1.54) is 6.20 Å². The monoisotopic (exact) mass is 201 g/mol. The Morgan fingerprint density at radius 1 is 1.60 bits per heavy atom. The van der Waals surface area contributed by atoms with Gasteiger partial charge in [-0.15, -0.1) is 0 Å². The van der Waals surface area contributed by atoms with Crippen LogP contribution in [0.5, 0.6) is 0 Å². The van der Waals surface area contributed by atoms with E-state index in [-0.39, 0.29) is 0 Å². The molecule has 0 atom stereocenters. The molecule has 0 aliphatic carbocycles. The smallest absolute Gasteiger partial charge is 0.194 e. The number of aryl methyl sites for hydroxylation is 1. The summed E-state index contributed by atoms with van der Waals surface area (Å²) in [4.78, 5) is 0. The van der Waals surface area contributed by atoms with E-state index in [9.17, 15) is 5.21 Å². The number of aromatic nitrogens is 1. The molecule has 0 aromatic carbocycles. The molecule has 0 aliphatic rings. The number of nitrogens with zero attached hydrogens (tertiary/aromatic N) is 1. The van der Waals surface area contributed by atoms with E-state index in [1.807, 2.05) is 19.1 Å². The Morgan fingerprint density at radius 2 is 2.30 bits per heavy atom. The van der Waals surface area contributed by atoms with Gasteiger partial charge < -0.3 is 5.21 Å². The maximum atomic E-state index is 11.0. The van der Waals surface area contributed by atoms with Gasteiger partial charge in [0.25, 0.3) is 0 Å². The molecule has 0 N–H and O–H groups in total. The summed E-state index contributed by atoms with van der Waals surface area (Å²) in [6.07, 6.45) is 2.29. The zero-order chi connectivity index (χ0) is 7.56. The topological polar surface area (TPSA) is 26.9 Å². The summed E-state index contributed by atoms with van der Waals surface area (Å²) in [6, 6.07) is 3.68. The van der Waals surface area contributed by atoms with Crippen LogP contribution in [0.15, 0.2) is 22.8 Å². The molecule has 54 valence electrons. The van der Waals surface area contributed by atoms with Gasteiger partial charge in [0, 0.05) is 12.5 Å². The fraction of sp³-hybridized carbons (Fsp3) is 0.286. The predicted octanol–water partition coefficient (Wildman–Crippen LogP) is 1.64. The van der Waals surface area contributed by atoms with Crippen molar-refractivity contribution in [3.63, 3.8) is 0 Å². The lowest BCUT2D eigenvalue weighted by Gasteiger charge is -2.00. The summed E-state index contributed by atoms with van der Waals surface area (Å²) < 4.78 is 1.70. The molecule has 0 unspecified atom stereocenters. The molecule has 0 radical (unpaired) electrons. The fourth-order valence-corrected chi connectivity index (χ4v) is 1.08. The standard InChI is InChI=1S/C7H8BrNO/c1-2-7-4-3-6(8)5-9(7)10/h3-5H,2H2,1H3. The summed E-state index contributed by atoms with van der Waals surface area (Å²) in [5.41, 5.74) is 0.795. The second-order valence-corrected chi connectivity index (χ2v) is 2.93. The van der Waals surface area contributed by atoms with Crippen LogP contribution in [0.2, 0.25) is 0 Å². The summed E-state index contributed by atoms with van der Waals surface area (Å²) in [5.74, 6) is 0. The number of rotatable bonds is 1. The highest BCUT2D eigenvalue weighted by molar-refractivity contribution is 9.10. The van der Waals surface area contributed by atoms with E-state index >= 15 is 0 Å². The Kier molecular flexibility index (Phi) is 2.27. The Labute approximate surface area is 68.2 Å². The molecule has 0 spiro atoms. The van der Waals surface area contributed by atoms with Gasteiger partial charge in [-0.1, -0.05) is 6.92 Å². The molecule has 2 nitrogen and oxygen atoms in total. The normalized spacial score (nSPS) is 9.80. The minimum absolute atomic E-state index is 0.775. The molecular formula is C7H8BrNO.